The lowest BCUT2D eigenvalue weighted by Crippen LogP contribution is -2.21. The third kappa shape index (κ3) is 4.13. The molecule has 0 aliphatic rings. The van der Waals surface area contributed by atoms with Gasteiger partial charge in [-0.3, -0.25) is 0 Å². The number of hydrogen-bond donors (Lipinski definition) is 0. The van der Waals surface area contributed by atoms with E-state index in [9.17, 15) is 0 Å². The number of hydrogen-bond acceptors (Lipinski definition) is 6. The minimum absolute atomic E-state index is 1.70. The second kappa shape index (κ2) is 5.29. The Labute approximate surface area is 81.2 Å². The minimum atomic E-state index is -2.52. The van der Waals surface area contributed by atoms with E-state index in [-0.39, 0.29) is 0 Å². The van der Waals surface area contributed by atoms with Crippen LogP contribution in [-0.4, -0.2) is 24.0 Å². The first-order valence-corrected chi connectivity index (χ1v) is 6.02. The van der Waals surface area contributed by atoms with Gasteiger partial charge in [0, 0.05) is 0 Å². The quantitative estimate of drug-likeness (QED) is 0.411. The summed E-state index contributed by atoms with van der Waals surface area (Å²) in [6.07, 6.45) is 0. The van der Waals surface area contributed by atoms with Crippen molar-refractivity contribution in [3.63, 3.8) is 0 Å². The van der Waals surface area contributed by atoms with Gasteiger partial charge >= 0.3 is 8.56 Å². The normalized spacial score (nSPS) is 12.8. The Bertz CT molecular complexity index is 237. The molecular weight excluding hydrogens is 214 g/mol. The zero-order valence-corrected chi connectivity index (χ0v) is 9.02. The Hall–Kier alpha value is -0.383. The van der Waals surface area contributed by atoms with E-state index in [1.807, 2.05) is 0 Å². The summed E-state index contributed by atoms with van der Waals surface area (Å²) in [5.74, 6) is 0. The summed E-state index contributed by atoms with van der Waals surface area (Å²) in [4.78, 5) is 0. The fourth-order valence-electron chi connectivity index (χ4n) is 0.334. The number of rotatable bonds is 3. The molecule has 0 fully saturated rings. The highest BCUT2D eigenvalue weighted by Crippen LogP contribution is 2.04. The van der Waals surface area contributed by atoms with Crippen molar-refractivity contribution in [1.29, 1.82) is 0 Å². The van der Waals surface area contributed by atoms with Crippen LogP contribution >= 0.6 is 36.7 Å². The molecule has 0 bridgehead atoms. The molecule has 56 valence electrons. The van der Waals surface area contributed by atoms with Gasteiger partial charge in [0.1, 0.15) is 0 Å². The van der Waals surface area contributed by atoms with Crippen LogP contribution in [0.4, 0.5) is 0 Å². The maximum Gasteiger partial charge on any atom is 0.457 e. The van der Waals surface area contributed by atoms with Crippen molar-refractivity contribution in [2.75, 3.05) is 0 Å². The van der Waals surface area contributed by atoms with Crippen molar-refractivity contribution in [2.45, 2.75) is 6.55 Å². The van der Waals surface area contributed by atoms with Crippen molar-refractivity contribution in [2.24, 2.45) is 14.0 Å². The van der Waals surface area contributed by atoms with Crippen LogP contribution in [0.1, 0.15) is 0 Å². The molecule has 0 aromatic carbocycles. The molecular formula is C4H3N3S3Si. The maximum atomic E-state index is 4.40. The first-order chi connectivity index (χ1) is 5.18. The van der Waals surface area contributed by atoms with E-state index in [0.29, 0.717) is 0 Å². The number of thiocarbonyl (C=S) groups is 3. The van der Waals surface area contributed by atoms with Gasteiger partial charge in [0.25, 0.3) is 0 Å². The van der Waals surface area contributed by atoms with E-state index in [4.69, 9.17) is 0 Å². The van der Waals surface area contributed by atoms with Crippen molar-refractivity contribution in [3.8, 4) is 0 Å². The minimum Gasteiger partial charge on any atom is -0.221 e. The molecule has 0 heterocycles. The van der Waals surface area contributed by atoms with Gasteiger partial charge in [0.05, 0.1) is 15.5 Å². The fraction of sp³-hybridized carbons (Fsp3) is 0.250. The molecule has 11 heavy (non-hydrogen) atoms. The van der Waals surface area contributed by atoms with Crippen molar-refractivity contribution >= 4 is 60.7 Å². The summed E-state index contributed by atoms with van der Waals surface area (Å²) < 4.78 is 11.2. The monoisotopic (exact) mass is 217 g/mol. The number of nitrogens with zero attached hydrogens (tertiary/aromatic N) is 3. The van der Waals surface area contributed by atoms with E-state index in [2.05, 4.69) is 66.1 Å². The zero-order valence-electron chi connectivity index (χ0n) is 5.57. The molecule has 0 saturated carbocycles. The predicted molar refractivity (Wildman–Crippen MR) is 56.7 cm³/mol. The average Bonchev–Trinajstić information content (AvgIpc) is 1.88. The molecule has 0 N–H and O–H groups in total. The maximum absolute atomic E-state index is 4.40. The summed E-state index contributed by atoms with van der Waals surface area (Å²) in [6.45, 7) is 1.70. The molecule has 0 unspecified atom stereocenters. The summed E-state index contributed by atoms with van der Waals surface area (Å²) >= 11 is 13.2. The van der Waals surface area contributed by atoms with Crippen molar-refractivity contribution in [3.05, 3.63) is 0 Å². The Balaban J connectivity index is 4.94. The van der Waals surface area contributed by atoms with Gasteiger partial charge in [-0.1, -0.05) is 0 Å². The van der Waals surface area contributed by atoms with Crippen LogP contribution in [0.3, 0.4) is 0 Å². The van der Waals surface area contributed by atoms with Gasteiger partial charge in [-0.2, -0.15) is 0 Å². The van der Waals surface area contributed by atoms with Crippen LogP contribution in [-0.2, 0) is 0 Å². The molecule has 0 atom stereocenters. The van der Waals surface area contributed by atoms with Crippen LogP contribution in [0.2, 0.25) is 6.55 Å². The SMILES string of the molecule is C[Si](N=C=S)(N=C=S)N=C=S. The Morgan fingerprint density at radius 1 is 0.909 bits per heavy atom. The standard InChI is InChI=1S/C4H3N3S3Si/c1-11(5-2-8,6-3-9)7-4-10/h1H3. The smallest absolute Gasteiger partial charge is 0.221 e. The second-order valence-corrected chi connectivity index (χ2v) is 4.74. The summed E-state index contributed by atoms with van der Waals surface area (Å²) in [5.41, 5.74) is 0. The highest BCUT2D eigenvalue weighted by molar-refractivity contribution is 7.78. The summed E-state index contributed by atoms with van der Waals surface area (Å²) in [6, 6.07) is 0. The molecule has 0 aliphatic carbocycles. The lowest BCUT2D eigenvalue weighted by atomic mass is 11.7. The van der Waals surface area contributed by atoms with Crippen LogP contribution in [0.5, 0.6) is 0 Å². The molecule has 0 spiro atoms. The predicted octanol–water partition coefficient (Wildman–Crippen LogP) is 1.86. The van der Waals surface area contributed by atoms with Crippen LogP contribution < -0.4 is 0 Å². The molecule has 0 saturated heterocycles. The van der Waals surface area contributed by atoms with Gasteiger partial charge < -0.3 is 0 Å². The van der Waals surface area contributed by atoms with Crippen molar-refractivity contribution < 1.29 is 0 Å². The molecule has 7 heteroatoms. The molecule has 0 aromatic rings. The highest BCUT2D eigenvalue weighted by Gasteiger charge is 2.25. The van der Waals surface area contributed by atoms with Gasteiger partial charge in [0.15, 0.2) is 0 Å². The van der Waals surface area contributed by atoms with Crippen LogP contribution in [0.15, 0.2) is 14.0 Å². The van der Waals surface area contributed by atoms with E-state index < -0.39 is 8.56 Å². The van der Waals surface area contributed by atoms with Crippen molar-refractivity contribution in [1.82, 2.24) is 0 Å². The lowest BCUT2D eigenvalue weighted by molar-refractivity contribution is 1.44. The third-order valence-corrected chi connectivity index (χ3v) is 3.14. The second-order valence-electron chi connectivity index (χ2n) is 1.58. The largest absolute Gasteiger partial charge is 0.457 e. The highest BCUT2D eigenvalue weighted by atomic mass is 32.1. The lowest BCUT2D eigenvalue weighted by Gasteiger charge is -2.01. The molecule has 0 radical (unpaired) electrons. The summed E-state index contributed by atoms with van der Waals surface area (Å²) in [5, 5.41) is 6.56. The molecule has 0 amide bonds. The first-order valence-electron chi connectivity index (χ1n) is 2.45. The van der Waals surface area contributed by atoms with Gasteiger partial charge in [-0.25, -0.2) is 14.0 Å². The first kappa shape index (κ1) is 10.6. The van der Waals surface area contributed by atoms with Gasteiger partial charge in [-0.05, 0) is 43.2 Å². The Morgan fingerprint density at radius 2 is 1.18 bits per heavy atom. The van der Waals surface area contributed by atoms with E-state index in [0.717, 1.165) is 0 Å². The summed E-state index contributed by atoms with van der Waals surface area (Å²) in [7, 11) is -2.52. The fourth-order valence-corrected chi connectivity index (χ4v) is 2.56. The zero-order chi connectivity index (χ0) is 8.74. The van der Waals surface area contributed by atoms with E-state index >= 15 is 0 Å². The van der Waals surface area contributed by atoms with Gasteiger partial charge in [0.2, 0.25) is 0 Å². The van der Waals surface area contributed by atoms with Gasteiger partial charge in [-0.15, -0.1) is 0 Å². The van der Waals surface area contributed by atoms with E-state index in [1.54, 1.807) is 6.55 Å². The molecule has 0 aromatic heterocycles. The molecule has 0 rings (SSSR count). The number of isothiocyanates is 3. The average molecular weight is 217 g/mol. The van der Waals surface area contributed by atoms with E-state index in [1.165, 1.54) is 0 Å². The Morgan fingerprint density at radius 3 is 1.36 bits per heavy atom. The molecule has 3 nitrogen and oxygen atoms in total. The van der Waals surface area contributed by atoms with Crippen LogP contribution in [0.25, 0.3) is 0 Å². The third-order valence-electron chi connectivity index (χ3n) is 0.772. The topological polar surface area (TPSA) is 37.1 Å². The Kier molecular flexibility index (Phi) is 5.11. The van der Waals surface area contributed by atoms with Crippen LogP contribution in [0, 0.1) is 0 Å². The molecule has 0 aliphatic heterocycles.